The van der Waals surface area contributed by atoms with E-state index in [9.17, 15) is 0 Å². The van der Waals surface area contributed by atoms with E-state index in [1.165, 1.54) is 45.0 Å². The standard InChI is InChI=1S/C14H12S8/c1-5-6(2)16-9(15-5)11-19-13-14(20-11)22-12(21-13)10-17-7(3)8(4)18-10/h1-4H3. The molecule has 0 amide bonds. The summed E-state index contributed by atoms with van der Waals surface area (Å²) in [7, 11) is 0. The molecule has 0 fully saturated rings. The first-order chi connectivity index (χ1) is 10.5. The summed E-state index contributed by atoms with van der Waals surface area (Å²) in [6, 6.07) is 0. The highest BCUT2D eigenvalue weighted by atomic mass is 32.3. The Labute approximate surface area is 165 Å². The maximum absolute atomic E-state index is 2.23. The highest BCUT2D eigenvalue weighted by molar-refractivity contribution is 8.49. The third-order valence-corrected chi connectivity index (χ3v) is 15.1. The van der Waals surface area contributed by atoms with Crippen LogP contribution in [0.2, 0.25) is 0 Å². The first-order valence-electron chi connectivity index (χ1n) is 6.52. The van der Waals surface area contributed by atoms with Crippen molar-refractivity contribution in [3.63, 3.8) is 0 Å². The summed E-state index contributed by atoms with van der Waals surface area (Å²) in [5.41, 5.74) is 0. The summed E-state index contributed by atoms with van der Waals surface area (Å²) in [4.78, 5) is 5.83. The van der Waals surface area contributed by atoms with Gasteiger partial charge in [-0.2, -0.15) is 0 Å². The summed E-state index contributed by atoms with van der Waals surface area (Å²) < 4.78 is 8.91. The summed E-state index contributed by atoms with van der Waals surface area (Å²) >= 11 is 15.7. The molecule has 0 saturated heterocycles. The SMILES string of the molecule is CC1=C(C)SC(=C2SC3=C(S2)SC(=C2SC(C)=C(C)S2)S3)S1. The Balaban J connectivity index is 1.47. The lowest BCUT2D eigenvalue weighted by molar-refractivity contribution is 1.57. The Bertz CT molecular complexity index is 620. The molecule has 22 heavy (non-hydrogen) atoms. The van der Waals surface area contributed by atoms with Crippen molar-refractivity contribution in [1.82, 2.24) is 0 Å². The number of thioether (sulfide) groups is 8. The summed E-state index contributed by atoms with van der Waals surface area (Å²) in [6.07, 6.45) is 0. The first-order valence-corrected chi connectivity index (χ1v) is 13.0. The molecule has 0 aromatic rings. The zero-order valence-electron chi connectivity index (χ0n) is 12.3. The third kappa shape index (κ3) is 3.16. The molecule has 0 bridgehead atoms. The molecule has 0 aromatic carbocycles. The number of hydrogen-bond acceptors (Lipinski definition) is 8. The lowest BCUT2D eigenvalue weighted by Gasteiger charge is -2.07. The van der Waals surface area contributed by atoms with Gasteiger partial charge in [0.1, 0.15) is 0 Å². The monoisotopic (exact) mass is 436 g/mol. The van der Waals surface area contributed by atoms with Gasteiger partial charge < -0.3 is 0 Å². The molecule has 0 N–H and O–H groups in total. The minimum absolute atomic E-state index is 1.46. The van der Waals surface area contributed by atoms with Crippen molar-refractivity contribution in [2.24, 2.45) is 0 Å². The van der Waals surface area contributed by atoms with Crippen molar-refractivity contribution in [3.05, 3.63) is 45.0 Å². The molecule has 0 aromatic heterocycles. The maximum Gasteiger partial charge on any atom is 0.0718 e. The molecule has 0 nitrogen and oxygen atoms in total. The van der Waals surface area contributed by atoms with Crippen LogP contribution in [0.25, 0.3) is 0 Å². The van der Waals surface area contributed by atoms with Crippen molar-refractivity contribution in [2.45, 2.75) is 27.7 Å². The van der Waals surface area contributed by atoms with Crippen molar-refractivity contribution in [3.8, 4) is 0 Å². The van der Waals surface area contributed by atoms with Crippen LogP contribution in [0, 0.1) is 0 Å². The fourth-order valence-corrected chi connectivity index (χ4v) is 13.8. The Morgan fingerprint density at radius 2 is 0.500 bits per heavy atom. The van der Waals surface area contributed by atoms with Crippen molar-refractivity contribution in [1.29, 1.82) is 0 Å². The van der Waals surface area contributed by atoms with Gasteiger partial charge in [-0.3, -0.25) is 0 Å². The van der Waals surface area contributed by atoms with Gasteiger partial charge in [-0.05, 0) is 47.3 Å². The molecule has 0 saturated carbocycles. The van der Waals surface area contributed by atoms with Crippen LogP contribution < -0.4 is 0 Å². The molecule has 0 radical (unpaired) electrons. The number of rotatable bonds is 0. The maximum atomic E-state index is 2.23. The smallest absolute Gasteiger partial charge is 0.0718 e. The fourth-order valence-electron chi connectivity index (χ4n) is 1.81. The van der Waals surface area contributed by atoms with E-state index in [1.807, 2.05) is 94.1 Å². The zero-order chi connectivity index (χ0) is 15.4. The van der Waals surface area contributed by atoms with Crippen LogP contribution in [-0.2, 0) is 0 Å². The van der Waals surface area contributed by atoms with Gasteiger partial charge in [0.15, 0.2) is 0 Å². The van der Waals surface area contributed by atoms with Gasteiger partial charge in [-0.15, -0.1) is 0 Å². The largest absolute Gasteiger partial charge is 0.0849 e. The van der Waals surface area contributed by atoms with E-state index >= 15 is 0 Å². The predicted octanol–water partition coefficient (Wildman–Crippen LogP) is 8.79. The van der Waals surface area contributed by atoms with Crippen LogP contribution in [0.4, 0.5) is 0 Å². The molecule has 0 unspecified atom stereocenters. The van der Waals surface area contributed by atoms with Crippen LogP contribution in [-0.4, -0.2) is 0 Å². The molecule has 116 valence electrons. The van der Waals surface area contributed by atoms with Crippen LogP contribution in [0.1, 0.15) is 27.7 Å². The normalized spacial score (nSPS) is 25.6. The quantitative estimate of drug-likeness (QED) is 0.364. The van der Waals surface area contributed by atoms with Gasteiger partial charge in [0.2, 0.25) is 0 Å². The van der Waals surface area contributed by atoms with Crippen LogP contribution >= 0.6 is 94.1 Å². The lowest BCUT2D eigenvalue weighted by Crippen LogP contribution is -1.72. The van der Waals surface area contributed by atoms with E-state index in [0.29, 0.717) is 0 Å². The highest BCUT2D eigenvalue weighted by Crippen LogP contribution is 2.71. The predicted molar refractivity (Wildman–Crippen MR) is 119 cm³/mol. The van der Waals surface area contributed by atoms with Gasteiger partial charge >= 0.3 is 0 Å². The van der Waals surface area contributed by atoms with E-state index in [2.05, 4.69) is 27.7 Å². The molecule has 4 rings (SSSR count). The third-order valence-electron chi connectivity index (χ3n) is 3.22. The Morgan fingerprint density at radius 1 is 0.318 bits per heavy atom. The van der Waals surface area contributed by atoms with Gasteiger partial charge in [0, 0.05) is 0 Å². The molecule has 4 aliphatic rings. The average Bonchev–Trinajstić information content (AvgIpc) is 3.16. The first kappa shape index (κ1) is 16.9. The molecule has 8 heteroatoms. The number of allylic oxidation sites excluding steroid dienone is 4. The van der Waals surface area contributed by atoms with E-state index in [4.69, 9.17) is 0 Å². The molecule has 0 aliphatic carbocycles. The van der Waals surface area contributed by atoms with E-state index in [1.54, 1.807) is 0 Å². The second-order valence-electron chi connectivity index (χ2n) is 4.77. The van der Waals surface area contributed by atoms with Crippen molar-refractivity contribution in [2.75, 3.05) is 0 Å². The zero-order valence-corrected chi connectivity index (χ0v) is 18.8. The summed E-state index contributed by atoms with van der Waals surface area (Å²) in [6.45, 7) is 8.91. The van der Waals surface area contributed by atoms with Crippen molar-refractivity contribution < 1.29 is 0 Å². The topological polar surface area (TPSA) is 0 Å². The van der Waals surface area contributed by atoms with E-state index < -0.39 is 0 Å². The average molecular weight is 437 g/mol. The van der Waals surface area contributed by atoms with E-state index in [0.717, 1.165) is 0 Å². The number of hydrogen-bond donors (Lipinski definition) is 0. The van der Waals surface area contributed by atoms with Gasteiger partial charge in [-0.1, -0.05) is 94.1 Å². The molecule has 0 spiro atoms. The second-order valence-corrected chi connectivity index (χ2v) is 15.3. The Kier molecular flexibility index (Phi) is 5.13. The lowest BCUT2D eigenvalue weighted by atomic mass is 10.6. The summed E-state index contributed by atoms with van der Waals surface area (Å²) in [5, 5.41) is 0. The Hall–Kier alpha value is 1.50. The molecular weight excluding hydrogens is 425 g/mol. The molecule has 0 atom stereocenters. The molecule has 4 aliphatic heterocycles. The summed E-state index contributed by atoms with van der Waals surface area (Å²) in [5.74, 6) is 0. The minimum Gasteiger partial charge on any atom is -0.0849 e. The van der Waals surface area contributed by atoms with Gasteiger partial charge in [0.05, 0.1) is 25.4 Å². The minimum atomic E-state index is 1.46. The van der Waals surface area contributed by atoms with Crippen LogP contribution in [0.5, 0.6) is 0 Å². The second kappa shape index (κ2) is 6.67. The van der Waals surface area contributed by atoms with E-state index in [-0.39, 0.29) is 0 Å². The highest BCUT2D eigenvalue weighted by Gasteiger charge is 2.35. The molecule has 4 heterocycles. The van der Waals surface area contributed by atoms with Gasteiger partial charge in [0.25, 0.3) is 0 Å². The molecular formula is C14H12S8. The Morgan fingerprint density at radius 3 is 0.727 bits per heavy atom. The van der Waals surface area contributed by atoms with Crippen LogP contribution in [0.15, 0.2) is 45.0 Å². The van der Waals surface area contributed by atoms with Crippen LogP contribution in [0.3, 0.4) is 0 Å². The van der Waals surface area contributed by atoms with Crippen molar-refractivity contribution >= 4 is 94.1 Å². The fraction of sp³-hybridized carbons (Fsp3) is 0.286. The van der Waals surface area contributed by atoms with Gasteiger partial charge in [-0.25, -0.2) is 0 Å².